The maximum Gasteiger partial charge on any atom is 0.342 e. The number of esters is 1. The lowest BCUT2D eigenvalue weighted by Gasteiger charge is -2.47. The van der Waals surface area contributed by atoms with Crippen LogP contribution in [0.5, 0.6) is 5.75 Å². The fourth-order valence-electron chi connectivity index (χ4n) is 3.54. The number of nitrogen functional groups attached to an aromatic ring is 1. The summed E-state index contributed by atoms with van der Waals surface area (Å²) in [5, 5.41) is 0.331. The fourth-order valence-corrected chi connectivity index (χ4v) is 3.71. The number of carbonyl (C=O) groups is 1. The molecule has 2 heterocycles. The van der Waals surface area contributed by atoms with E-state index in [4.69, 9.17) is 26.8 Å². The van der Waals surface area contributed by atoms with Gasteiger partial charge in [0.1, 0.15) is 17.4 Å². The number of ether oxygens (including phenoxy) is 2. The molecule has 4 rings (SSSR count). The van der Waals surface area contributed by atoms with Crippen LogP contribution in [0.25, 0.3) is 0 Å². The van der Waals surface area contributed by atoms with Crippen molar-refractivity contribution in [2.45, 2.75) is 31.4 Å². The molecule has 5 nitrogen and oxygen atoms in total. The number of halogens is 1. The first-order valence-electron chi connectivity index (χ1n) is 7.53. The molecule has 6 heteroatoms. The molecule has 0 aromatic heterocycles. The summed E-state index contributed by atoms with van der Waals surface area (Å²) in [7, 11) is 3.63. The van der Waals surface area contributed by atoms with Gasteiger partial charge in [0.15, 0.2) is 0 Å². The van der Waals surface area contributed by atoms with Gasteiger partial charge in [-0.3, -0.25) is 0 Å². The molecular formula is C16H21ClN2O3. The number of fused-ring (bicyclic) bond motifs is 3. The van der Waals surface area contributed by atoms with Gasteiger partial charge in [0.05, 0.1) is 17.8 Å². The Balaban J connectivity index is 1.77. The number of benzene rings is 1. The second-order valence-corrected chi connectivity index (χ2v) is 6.59. The van der Waals surface area contributed by atoms with Crippen molar-refractivity contribution in [3.05, 3.63) is 22.7 Å². The standard InChI is InChI=1S/C16H21ClN2O3/c1-19-8-9-3-4-10(19)5-14(9)22-16(20)11-6-12(17)13(18)7-15(11)21-2/h6-7,9-10,14H,3-5,8,18H2,1-2H3/t9-,10-,14-/m1/s1. The van der Waals surface area contributed by atoms with Gasteiger partial charge in [0.2, 0.25) is 0 Å². The minimum atomic E-state index is -0.390. The topological polar surface area (TPSA) is 64.8 Å². The van der Waals surface area contributed by atoms with Gasteiger partial charge >= 0.3 is 5.97 Å². The predicted molar refractivity (Wildman–Crippen MR) is 85.4 cm³/mol. The Labute approximate surface area is 135 Å². The van der Waals surface area contributed by atoms with Crippen LogP contribution in [0.15, 0.2) is 12.1 Å². The van der Waals surface area contributed by atoms with Crippen molar-refractivity contribution in [1.29, 1.82) is 0 Å². The molecule has 2 N–H and O–H groups in total. The largest absolute Gasteiger partial charge is 0.496 e. The highest BCUT2D eigenvalue weighted by Crippen LogP contribution is 2.37. The maximum absolute atomic E-state index is 12.5. The van der Waals surface area contributed by atoms with E-state index >= 15 is 0 Å². The molecule has 22 heavy (non-hydrogen) atoms. The molecule has 3 atom stereocenters. The highest BCUT2D eigenvalue weighted by molar-refractivity contribution is 6.33. The first-order valence-corrected chi connectivity index (χ1v) is 7.91. The fraction of sp³-hybridized carbons (Fsp3) is 0.562. The molecule has 1 saturated carbocycles. The molecule has 0 spiro atoms. The number of carbonyl (C=O) groups excluding carboxylic acids is 1. The molecule has 0 radical (unpaired) electrons. The van der Waals surface area contributed by atoms with E-state index in [1.165, 1.54) is 19.6 Å². The highest BCUT2D eigenvalue weighted by atomic mass is 35.5. The SMILES string of the molecule is COc1cc(N)c(Cl)cc1C(=O)O[C@@H]1C[C@H]2CC[C@@H]1CN2C. The lowest BCUT2D eigenvalue weighted by molar-refractivity contribution is -0.0559. The van der Waals surface area contributed by atoms with Crippen LogP contribution in [0.3, 0.4) is 0 Å². The number of methoxy groups -OCH3 is 1. The average molecular weight is 325 g/mol. The quantitative estimate of drug-likeness (QED) is 0.684. The Bertz CT molecular complexity index is 593. The number of piperidine rings is 2. The first-order chi connectivity index (χ1) is 10.5. The third-order valence-corrected chi connectivity index (χ3v) is 5.17. The first kappa shape index (κ1) is 15.4. The second kappa shape index (κ2) is 5.97. The zero-order valence-electron chi connectivity index (χ0n) is 12.8. The summed E-state index contributed by atoms with van der Waals surface area (Å²) in [4.78, 5) is 14.9. The van der Waals surface area contributed by atoms with E-state index in [2.05, 4.69) is 11.9 Å². The molecule has 1 aromatic carbocycles. The van der Waals surface area contributed by atoms with Gasteiger partial charge in [0, 0.05) is 31.0 Å². The van der Waals surface area contributed by atoms with Gasteiger partial charge < -0.3 is 20.1 Å². The lowest BCUT2D eigenvalue weighted by Crippen LogP contribution is -2.53. The smallest absolute Gasteiger partial charge is 0.342 e. The van der Waals surface area contributed by atoms with Crippen molar-refractivity contribution in [3.8, 4) is 5.75 Å². The molecule has 0 amide bonds. The molecule has 2 aliphatic heterocycles. The monoisotopic (exact) mass is 324 g/mol. The van der Waals surface area contributed by atoms with Crippen LogP contribution in [0.2, 0.25) is 5.02 Å². The Hall–Kier alpha value is -1.46. The van der Waals surface area contributed by atoms with E-state index in [0.29, 0.717) is 34.0 Å². The zero-order chi connectivity index (χ0) is 15.9. The van der Waals surface area contributed by atoms with Crippen LogP contribution in [-0.2, 0) is 4.74 Å². The summed E-state index contributed by atoms with van der Waals surface area (Å²) in [6.07, 6.45) is 3.18. The Kier molecular flexibility index (Phi) is 4.19. The van der Waals surface area contributed by atoms with Crippen molar-refractivity contribution in [2.24, 2.45) is 5.92 Å². The third-order valence-electron chi connectivity index (χ3n) is 4.84. The normalized spacial score (nSPS) is 27.7. The second-order valence-electron chi connectivity index (χ2n) is 6.18. The van der Waals surface area contributed by atoms with Gasteiger partial charge in [0.25, 0.3) is 0 Å². The van der Waals surface area contributed by atoms with E-state index in [0.717, 1.165) is 19.4 Å². The molecule has 2 saturated heterocycles. The molecule has 0 unspecified atom stereocenters. The molecular weight excluding hydrogens is 304 g/mol. The van der Waals surface area contributed by atoms with E-state index in [1.54, 1.807) is 6.07 Å². The van der Waals surface area contributed by atoms with Crippen LogP contribution in [0.1, 0.15) is 29.6 Å². The van der Waals surface area contributed by atoms with Crippen LogP contribution in [0, 0.1) is 5.92 Å². The zero-order valence-corrected chi connectivity index (χ0v) is 13.6. The Morgan fingerprint density at radius 1 is 1.41 bits per heavy atom. The number of anilines is 1. The molecule has 3 aliphatic rings. The van der Waals surface area contributed by atoms with E-state index < -0.39 is 0 Å². The number of nitrogens with two attached hydrogens (primary N) is 1. The van der Waals surface area contributed by atoms with Crippen molar-refractivity contribution >= 4 is 23.3 Å². The number of nitrogens with zero attached hydrogens (tertiary/aromatic N) is 1. The minimum Gasteiger partial charge on any atom is -0.496 e. The summed E-state index contributed by atoms with van der Waals surface area (Å²) < 4.78 is 11.0. The number of rotatable bonds is 3. The van der Waals surface area contributed by atoms with E-state index in [9.17, 15) is 4.79 Å². The van der Waals surface area contributed by atoms with Crippen molar-refractivity contribution in [3.63, 3.8) is 0 Å². The van der Waals surface area contributed by atoms with Crippen LogP contribution < -0.4 is 10.5 Å². The van der Waals surface area contributed by atoms with Gasteiger partial charge in [-0.1, -0.05) is 11.6 Å². The number of hydrogen-bond donors (Lipinski definition) is 1. The third kappa shape index (κ3) is 2.75. The Morgan fingerprint density at radius 3 is 2.77 bits per heavy atom. The van der Waals surface area contributed by atoms with Crippen molar-refractivity contribution in [2.75, 3.05) is 26.4 Å². The molecule has 120 valence electrons. The van der Waals surface area contributed by atoms with Gasteiger partial charge in [-0.05, 0) is 26.0 Å². The van der Waals surface area contributed by atoms with Gasteiger partial charge in [-0.2, -0.15) is 0 Å². The molecule has 1 aromatic rings. The van der Waals surface area contributed by atoms with Crippen LogP contribution >= 0.6 is 11.6 Å². The minimum absolute atomic E-state index is 0.0246. The summed E-state index contributed by atoms with van der Waals surface area (Å²) >= 11 is 6.02. The predicted octanol–water partition coefficient (Wildman–Crippen LogP) is 2.57. The molecule has 3 fully saturated rings. The summed E-state index contributed by atoms with van der Waals surface area (Å²) in [5.41, 5.74) is 6.46. The van der Waals surface area contributed by atoms with Crippen molar-refractivity contribution in [1.82, 2.24) is 4.90 Å². The lowest BCUT2D eigenvalue weighted by atomic mass is 9.78. The summed E-state index contributed by atoms with van der Waals surface area (Å²) in [6.45, 7) is 0.988. The van der Waals surface area contributed by atoms with Crippen LogP contribution in [-0.4, -0.2) is 43.7 Å². The molecule has 1 aliphatic carbocycles. The van der Waals surface area contributed by atoms with Gasteiger partial charge in [-0.25, -0.2) is 4.79 Å². The summed E-state index contributed by atoms with van der Waals surface area (Å²) in [5.74, 6) is 0.415. The Morgan fingerprint density at radius 2 is 2.18 bits per heavy atom. The molecule has 2 bridgehead atoms. The summed E-state index contributed by atoms with van der Waals surface area (Å²) in [6, 6.07) is 3.59. The van der Waals surface area contributed by atoms with Crippen molar-refractivity contribution < 1.29 is 14.3 Å². The number of hydrogen-bond acceptors (Lipinski definition) is 5. The van der Waals surface area contributed by atoms with Gasteiger partial charge in [-0.15, -0.1) is 0 Å². The van der Waals surface area contributed by atoms with Crippen LogP contribution in [0.4, 0.5) is 5.69 Å². The maximum atomic E-state index is 12.5. The highest BCUT2D eigenvalue weighted by Gasteiger charge is 2.41. The van der Waals surface area contributed by atoms with E-state index in [1.807, 2.05) is 0 Å². The average Bonchev–Trinajstić information content (AvgIpc) is 2.50. The van der Waals surface area contributed by atoms with E-state index in [-0.39, 0.29) is 12.1 Å².